The molecule has 0 atom stereocenters. The standard InChI is InChI=1S/C27H19F3N4O2/c28-27(29,30)22-11-12-24(26(14-22)34(35)36)32-31-15-21-17-33(25-8-4-3-7-23(21)25)16-18-9-10-19-5-1-2-6-20(19)13-18/h1-15,17,32H,16H2/b31-15-. The minimum Gasteiger partial charge on any atom is -0.342 e. The minimum absolute atomic E-state index is 0.135. The summed E-state index contributed by atoms with van der Waals surface area (Å²) in [5.41, 5.74) is 3.44. The van der Waals surface area contributed by atoms with Crippen molar-refractivity contribution in [3.8, 4) is 0 Å². The highest BCUT2D eigenvalue weighted by Crippen LogP contribution is 2.35. The van der Waals surface area contributed by atoms with E-state index in [-0.39, 0.29) is 5.69 Å². The molecular formula is C27H19F3N4O2. The third kappa shape index (κ3) is 4.63. The van der Waals surface area contributed by atoms with Crippen LogP contribution in [0.3, 0.4) is 0 Å². The van der Waals surface area contributed by atoms with E-state index in [1.165, 1.54) is 6.21 Å². The summed E-state index contributed by atoms with van der Waals surface area (Å²) in [7, 11) is 0. The third-order valence-corrected chi connectivity index (χ3v) is 5.90. The van der Waals surface area contributed by atoms with Crippen LogP contribution in [-0.4, -0.2) is 15.7 Å². The molecule has 0 radical (unpaired) electrons. The normalized spacial score (nSPS) is 12.0. The summed E-state index contributed by atoms with van der Waals surface area (Å²) in [6, 6.07) is 24.5. The zero-order valence-corrected chi connectivity index (χ0v) is 18.7. The van der Waals surface area contributed by atoms with Crippen molar-refractivity contribution in [3.63, 3.8) is 0 Å². The summed E-state index contributed by atoms with van der Waals surface area (Å²) in [5.74, 6) is 0. The second kappa shape index (κ2) is 9.18. The summed E-state index contributed by atoms with van der Waals surface area (Å²) < 4.78 is 40.9. The van der Waals surface area contributed by atoms with Gasteiger partial charge in [-0.2, -0.15) is 18.3 Å². The van der Waals surface area contributed by atoms with Crippen LogP contribution in [0.15, 0.2) is 96.2 Å². The Kier molecular flexibility index (Phi) is 5.89. The lowest BCUT2D eigenvalue weighted by Crippen LogP contribution is -2.06. The first-order valence-electron chi connectivity index (χ1n) is 11.0. The highest BCUT2D eigenvalue weighted by Gasteiger charge is 2.33. The number of hydrogen-bond acceptors (Lipinski definition) is 4. The Balaban J connectivity index is 1.43. The average Bonchev–Trinajstić information content (AvgIpc) is 3.20. The first-order chi connectivity index (χ1) is 17.3. The van der Waals surface area contributed by atoms with Crippen molar-refractivity contribution in [3.05, 3.63) is 118 Å². The van der Waals surface area contributed by atoms with Crippen molar-refractivity contribution < 1.29 is 18.1 Å². The third-order valence-electron chi connectivity index (χ3n) is 5.90. The predicted octanol–water partition coefficient (Wildman–Crippen LogP) is 7.22. The molecule has 1 heterocycles. The molecule has 0 amide bonds. The second-order valence-electron chi connectivity index (χ2n) is 8.27. The molecule has 9 heteroatoms. The molecule has 4 aromatic carbocycles. The fraction of sp³-hybridized carbons (Fsp3) is 0.0741. The van der Waals surface area contributed by atoms with Gasteiger partial charge in [0.2, 0.25) is 0 Å². The Labute approximate surface area is 203 Å². The van der Waals surface area contributed by atoms with Crippen molar-refractivity contribution in [2.75, 3.05) is 5.43 Å². The number of fused-ring (bicyclic) bond motifs is 2. The van der Waals surface area contributed by atoms with E-state index in [0.717, 1.165) is 44.9 Å². The lowest BCUT2D eigenvalue weighted by atomic mass is 10.1. The van der Waals surface area contributed by atoms with Gasteiger partial charge in [0.15, 0.2) is 0 Å². The Morgan fingerprint density at radius 1 is 0.944 bits per heavy atom. The van der Waals surface area contributed by atoms with E-state index in [0.29, 0.717) is 12.6 Å². The monoisotopic (exact) mass is 488 g/mol. The smallest absolute Gasteiger partial charge is 0.342 e. The lowest BCUT2D eigenvalue weighted by molar-refractivity contribution is -0.384. The van der Waals surface area contributed by atoms with Gasteiger partial charge in [-0.3, -0.25) is 15.5 Å². The lowest BCUT2D eigenvalue weighted by Gasteiger charge is -2.08. The number of nitro benzene ring substituents is 1. The van der Waals surface area contributed by atoms with E-state index in [1.54, 1.807) is 0 Å². The molecule has 5 aromatic rings. The van der Waals surface area contributed by atoms with E-state index >= 15 is 0 Å². The molecule has 0 bridgehead atoms. The highest BCUT2D eigenvalue weighted by molar-refractivity contribution is 5.99. The van der Waals surface area contributed by atoms with Crippen molar-refractivity contribution in [1.82, 2.24) is 4.57 Å². The Hall–Kier alpha value is -4.66. The summed E-state index contributed by atoms with van der Waals surface area (Å²) in [5, 5.41) is 18.6. The molecule has 1 aromatic heterocycles. The van der Waals surface area contributed by atoms with Gasteiger partial charge < -0.3 is 4.57 Å². The number of para-hydroxylation sites is 1. The van der Waals surface area contributed by atoms with Crippen LogP contribution in [0.25, 0.3) is 21.7 Å². The Bertz CT molecular complexity index is 1620. The number of benzene rings is 4. The molecule has 0 unspecified atom stereocenters. The number of hydrogen-bond donors (Lipinski definition) is 1. The molecule has 0 fully saturated rings. The summed E-state index contributed by atoms with van der Waals surface area (Å²) in [6.45, 7) is 0.622. The van der Waals surface area contributed by atoms with Crippen molar-refractivity contribution in [2.24, 2.45) is 5.10 Å². The van der Waals surface area contributed by atoms with E-state index < -0.39 is 22.4 Å². The van der Waals surface area contributed by atoms with Crippen LogP contribution in [0.5, 0.6) is 0 Å². The van der Waals surface area contributed by atoms with Gasteiger partial charge in [0.25, 0.3) is 5.69 Å². The second-order valence-corrected chi connectivity index (χ2v) is 8.27. The van der Waals surface area contributed by atoms with Crippen LogP contribution in [0.1, 0.15) is 16.7 Å². The predicted molar refractivity (Wildman–Crippen MR) is 134 cm³/mol. The van der Waals surface area contributed by atoms with Crippen LogP contribution in [-0.2, 0) is 12.7 Å². The molecule has 0 saturated heterocycles. The minimum atomic E-state index is -4.68. The topological polar surface area (TPSA) is 72.5 Å². The zero-order chi connectivity index (χ0) is 25.3. The highest BCUT2D eigenvalue weighted by atomic mass is 19.4. The Morgan fingerprint density at radius 3 is 2.47 bits per heavy atom. The molecule has 0 aliphatic carbocycles. The van der Waals surface area contributed by atoms with Gasteiger partial charge in [0, 0.05) is 35.3 Å². The quantitative estimate of drug-likeness (QED) is 0.156. The van der Waals surface area contributed by atoms with E-state index in [1.807, 2.05) is 42.6 Å². The van der Waals surface area contributed by atoms with Crippen LogP contribution in [0, 0.1) is 10.1 Å². The largest absolute Gasteiger partial charge is 0.416 e. The first kappa shape index (κ1) is 23.1. The maximum Gasteiger partial charge on any atom is 0.416 e. The van der Waals surface area contributed by atoms with Crippen molar-refractivity contribution >= 4 is 39.3 Å². The van der Waals surface area contributed by atoms with Gasteiger partial charge in [0.05, 0.1) is 16.7 Å². The number of nitrogens with one attached hydrogen (secondary N) is 1. The van der Waals surface area contributed by atoms with Crippen LogP contribution >= 0.6 is 0 Å². The van der Waals surface area contributed by atoms with E-state index in [4.69, 9.17) is 0 Å². The van der Waals surface area contributed by atoms with Crippen LogP contribution in [0.4, 0.5) is 24.5 Å². The molecule has 36 heavy (non-hydrogen) atoms. The molecular weight excluding hydrogens is 469 g/mol. The maximum absolute atomic E-state index is 12.9. The van der Waals surface area contributed by atoms with Crippen LogP contribution in [0.2, 0.25) is 0 Å². The molecule has 180 valence electrons. The van der Waals surface area contributed by atoms with Gasteiger partial charge in [0.1, 0.15) is 5.69 Å². The van der Waals surface area contributed by atoms with Gasteiger partial charge >= 0.3 is 6.18 Å². The molecule has 1 N–H and O–H groups in total. The summed E-state index contributed by atoms with van der Waals surface area (Å²) in [6.07, 6.45) is -1.26. The SMILES string of the molecule is O=[N+]([O-])c1cc(C(F)(F)F)ccc1N/N=C\c1cn(Cc2ccc3ccccc3c2)c2ccccc12. The van der Waals surface area contributed by atoms with Gasteiger partial charge in [-0.15, -0.1) is 0 Å². The van der Waals surface area contributed by atoms with E-state index in [2.05, 4.69) is 45.4 Å². The number of alkyl halides is 3. The average molecular weight is 488 g/mol. The molecule has 0 aliphatic rings. The number of rotatable bonds is 6. The molecule has 0 aliphatic heterocycles. The van der Waals surface area contributed by atoms with Crippen molar-refractivity contribution in [1.29, 1.82) is 0 Å². The molecule has 6 nitrogen and oxygen atoms in total. The zero-order valence-electron chi connectivity index (χ0n) is 18.7. The Morgan fingerprint density at radius 2 is 1.69 bits per heavy atom. The molecule has 0 saturated carbocycles. The number of nitrogens with zero attached hydrogens (tertiary/aromatic N) is 3. The van der Waals surface area contributed by atoms with Crippen LogP contribution < -0.4 is 5.43 Å². The summed E-state index contributed by atoms with van der Waals surface area (Å²) in [4.78, 5) is 10.4. The molecule has 0 spiro atoms. The van der Waals surface area contributed by atoms with Gasteiger partial charge in [-0.1, -0.05) is 54.6 Å². The van der Waals surface area contributed by atoms with Gasteiger partial charge in [-0.05, 0) is 40.6 Å². The number of halogens is 3. The fourth-order valence-electron chi connectivity index (χ4n) is 4.17. The number of anilines is 1. The van der Waals surface area contributed by atoms with Gasteiger partial charge in [-0.25, -0.2) is 0 Å². The maximum atomic E-state index is 12.9. The fourth-order valence-corrected chi connectivity index (χ4v) is 4.17. The number of aromatic nitrogens is 1. The van der Waals surface area contributed by atoms with Crippen molar-refractivity contribution in [2.45, 2.75) is 12.7 Å². The van der Waals surface area contributed by atoms with E-state index in [9.17, 15) is 23.3 Å². The molecule has 5 rings (SSSR count). The number of hydrazone groups is 1. The first-order valence-corrected chi connectivity index (χ1v) is 11.0. The number of nitro groups is 1. The summed E-state index contributed by atoms with van der Waals surface area (Å²) >= 11 is 0.